The predicted molar refractivity (Wildman–Crippen MR) is 53.4 cm³/mol. The molecule has 0 aromatic heterocycles. The van der Waals surface area contributed by atoms with Gasteiger partial charge in [-0.1, -0.05) is 12.8 Å². The van der Waals surface area contributed by atoms with Crippen molar-refractivity contribution in [1.82, 2.24) is 4.31 Å². The first-order valence-electron chi connectivity index (χ1n) is 5.28. The van der Waals surface area contributed by atoms with E-state index in [-0.39, 0.29) is 5.25 Å². The first kappa shape index (κ1) is 10.4. The minimum Gasteiger partial charge on any atom is -0.392 e. The van der Waals surface area contributed by atoms with Crippen molar-refractivity contribution in [3.63, 3.8) is 0 Å². The lowest BCUT2D eigenvalue weighted by Gasteiger charge is -2.20. The Morgan fingerprint density at radius 2 is 1.79 bits per heavy atom. The summed E-state index contributed by atoms with van der Waals surface area (Å²) < 4.78 is 25.5. The molecule has 0 aromatic rings. The van der Waals surface area contributed by atoms with Gasteiger partial charge in [-0.25, -0.2) is 8.42 Å². The number of rotatable bonds is 2. The van der Waals surface area contributed by atoms with Crippen LogP contribution in [0.3, 0.4) is 0 Å². The molecule has 82 valence electrons. The molecule has 1 atom stereocenters. The molecule has 1 aliphatic carbocycles. The minimum absolute atomic E-state index is 0.173. The minimum atomic E-state index is -3.10. The summed E-state index contributed by atoms with van der Waals surface area (Å²) in [7, 11) is -3.10. The molecule has 2 fully saturated rings. The van der Waals surface area contributed by atoms with E-state index < -0.39 is 16.1 Å². The normalized spacial score (nSPS) is 31.4. The Kier molecular flexibility index (Phi) is 2.81. The lowest BCUT2D eigenvalue weighted by atomic mass is 10.3. The van der Waals surface area contributed by atoms with Crippen molar-refractivity contribution >= 4 is 10.0 Å². The summed E-state index contributed by atoms with van der Waals surface area (Å²) in [6.45, 7) is 0.804. The number of sulfonamides is 1. The van der Waals surface area contributed by atoms with Gasteiger partial charge in [0.1, 0.15) is 0 Å². The Labute approximate surface area is 85.0 Å². The molecule has 4 nitrogen and oxygen atoms in total. The van der Waals surface area contributed by atoms with E-state index in [0.717, 1.165) is 25.7 Å². The zero-order valence-corrected chi connectivity index (χ0v) is 9.04. The van der Waals surface area contributed by atoms with Crippen LogP contribution in [-0.4, -0.2) is 42.3 Å². The van der Waals surface area contributed by atoms with Crippen LogP contribution in [0.2, 0.25) is 0 Å². The highest BCUT2D eigenvalue weighted by atomic mass is 32.2. The fraction of sp³-hybridized carbons (Fsp3) is 1.00. The zero-order chi connectivity index (χ0) is 10.2. The van der Waals surface area contributed by atoms with Crippen LogP contribution in [-0.2, 0) is 10.0 Å². The van der Waals surface area contributed by atoms with Gasteiger partial charge < -0.3 is 5.11 Å². The fourth-order valence-electron chi connectivity index (χ4n) is 2.34. The molecule has 14 heavy (non-hydrogen) atoms. The molecular formula is C9H17NO3S. The first-order valence-corrected chi connectivity index (χ1v) is 6.78. The summed E-state index contributed by atoms with van der Waals surface area (Å²) in [5.74, 6) is 0. The van der Waals surface area contributed by atoms with Crippen LogP contribution < -0.4 is 0 Å². The molecule has 1 heterocycles. The van der Waals surface area contributed by atoms with E-state index in [9.17, 15) is 13.5 Å². The van der Waals surface area contributed by atoms with Gasteiger partial charge in [0.2, 0.25) is 10.0 Å². The fourth-order valence-corrected chi connectivity index (χ4v) is 4.43. The summed E-state index contributed by atoms with van der Waals surface area (Å²) in [4.78, 5) is 0. The van der Waals surface area contributed by atoms with Crippen LogP contribution in [0.4, 0.5) is 0 Å². The molecule has 0 unspecified atom stereocenters. The Morgan fingerprint density at radius 1 is 1.14 bits per heavy atom. The van der Waals surface area contributed by atoms with Gasteiger partial charge in [-0.3, -0.25) is 0 Å². The van der Waals surface area contributed by atoms with Crippen molar-refractivity contribution in [2.24, 2.45) is 0 Å². The van der Waals surface area contributed by atoms with Gasteiger partial charge in [0.25, 0.3) is 0 Å². The van der Waals surface area contributed by atoms with Gasteiger partial charge in [-0.2, -0.15) is 4.31 Å². The Balaban J connectivity index is 2.07. The Bertz CT molecular complexity index is 295. The van der Waals surface area contributed by atoms with Crippen molar-refractivity contribution in [3.8, 4) is 0 Å². The molecule has 1 saturated carbocycles. The molecule has 1 saturated heterocycles. The van der Waals surface area contributed by atoms with E-state index in [1.165, 1.54) is 4.31 Å². The number of aliphatic hydroxyl groups excluding tert-OH is 1. The zero-order valence-electron chi connectivity index (χ0n) is 8.22. The molecular weight excluding hydrogens is 202 g/mol. The van der Waals surface area contributed by atoms with Crippen LogP contribution in [0, 0.1) is 0 Å². The summed E-state index contributed by atoms with van der Waals surface area (Å²) in [6.07, 6.45) is 3.79. The van der Waals surface area contributed by atoms with Gasteiger partial charge in [-0.05, 0) is 19.3 Å². The van der Waals surface area contributed by atoms with Gasteiger partial charge in [0.05, 0.1) is 11.4 Å². The van der Waals surface area contributed by atoms with E-state index in [0.29, 0.717) is 19.5 Å². The summed E-state index contributed by atoms with van der Waals surface area (Å²) >= 11 is 0. The molecule has 0 amide bonds. The van der Waals surface area contributed by atoms with Crippen molar-refractivity contribution in [1.29, 1.82) is 0 Å². The van der Waals surface area contributed by atoms with Gasteiger partial charge in [0, 0.05) is 13.1 Å². The van der Waals surface area contributed by atoms with Gasteiger partial charge in [-0.15, -0.1) is 0 Å². The van der Waals surface area contributed by atoms with Crippen LogP contribution in [0.15, 0.2) is 0 Å². The third-order valence-electron chi connectivity index (χ3n) is 3.21. The highest BCUT2D eigenvalue weighted by Gasteiger charge is 2.37. The Morgan fingerprint density at radius 3 is 2.29 bits per heavy atom. The largest absolute Gasteiger partial charge is 0.392 e. The second kappa shape index (κ2) is 3.79. The van der Waals surface area contributed by atoms with Gasteiger partial charge >= 0.3 is 0 Å². The molecule has 1 aliphatic heterocycles. The van der Waals surface area contributed by atoms with E-state index in [4.69, 9.17) is 0 Å². The molecule has 0 aromatic carbocycles. The third-order valence-corrected chi connectivity index (χ3v) is 5.57. The van der Waals surface area contributed by atoms with Crippen molar-refractivity contribution in [2.75, 3.05) is 13.1 Å². The number of hydrogen-bond acceptors (Lipinski definition) is 3. The van der Waals surface area contributed by atoms with E-state index in [2.05, 4.69) is 0 Å². The van der Waals surface area contributed by atoms with E-state index >= 15 is 0 Å². The average molecular weight is 219 g/mol. The quantitative estimate of drug-likeness (QED) is 0.728. The van der Waals surface area contributed by atoms with Crippen molar-refractivity contribution in [2.45, 2.75) is 43.5 Å². The maximum Gasteiger partial charge on any atom is 0.217 e. The maximum atomic E-state index is 12.0. The van der Waals surface area contributed by atoms with Gasteiger partial charge in [0.15, 0.2) is 0 Å². The van der Waals surface area contributed by atoms with Crippen molar-refractivity contribution < 1.29 is 13.5 Å². The molecule has 1 N–H and O–H groups in total. The number of aliphatic hydroxyl groups is 1. The summed E-state index contributed by atoms with van der Waals surface area (Å²) in [5, 5.41) is 9.13. The average Bonchev–Trinajstić information content (AvgIpc) is 2.72. The third kappa shape index (κ3) is 1.81. The molecule has 2 rings (SSSR count). The topological polar surface area (TPSA) is 57.6 Å². The maximum absolute atomic E-state index is 12.0. The smallest absolute Gasteiger partial charge is 0.217 e. The van der Waals surface area contributed by atoms with Crippen LogP contribution in [0.5, 0.6) is 0 Å². The Hall–Kier alpha value is -0.130. The second-order valence-electron chi connectivity index (χ2n) is 4.25. The molecule has 5 heteroatoms. The summed E-state index contributed by atoms with van der Waals surface area (Å²) in [6, 6.07) is 0. The predicted octanol–water partition coefficient (Wildman–Crippen LogP) is 0.325. The second-order valence-corrected chi connectivity index (χ2v) is 6.46. The lowest BCUT2D eigenvalue weighted by molar-refractivity contribution is 0.189. The van der Waals surface area contributed by atoms with Crippen LogP contribution in [0.1, 0.15) is 32.1 Å². The van der Waals surface area contributed by atoms with Crippen LogP contribution in [0.25, 0.3) is 0 Å². The molecule has 0 radical (unpaired) electrons. The SMILES string of the molecule is O=S(=O)(C1CCCC1)N1CC[C@H](O)C1. The van der Waals surface area contributed by atoms with Crippen molar-refractivity contribution in [3.05, 3.63) is 0 Å². The number of nitrogens with zero attached hydrogens (tertiary/aromatic N) is 1. The van der Waals surface area contributed by atoms with E-state index in [1.54, 1.807) is 0 Å². The highest BCUT2D eigenvalue weighted by Crippen LogP contribution is 2.28. The molecule has 0 bridgehead atoms. The van der Waals surface area contributed by atoms with E-state index in [1.807, 2.05) is 0 Å². The first-order chi connectivity index (χ1) is 6.60. The molecule has 2 aliphatic rings. The standard InChI is InChI=1S/C9H17NO3S/c11-8-5-6-10(7-8)14(12,13)9-3-1-2-4-9/h8-9,11H,1-7H2/t8-/m0/s1. The monoisotopic (exact) mass is 219 g/mol. The van der Waals surface area contributed by atoms with Crippen LogP contribution >= 0.6 is 0 Å². The highest BCUT2D eigenvalue weighted by molar-refractivity contribution is 7.89. The molecule has 0 spiro atoms. The lowest BCUT2D eigenvalue weighted by Crippen LogP contribution is -2.36. The number of hydrogen-bond donors (Lipinski definition) is 1. The number of β-amino-alcohol motifs (C(OH)–C–C–N with tert-alkyl or cyclic N) is 1. The summed E-state index contributed by atoms with van der Waals surface area (Å²) in [5.41, 5.74) is 0.